The summed E-state index contributed by atoms with van der Waals surface area (Å²) in [6.45, 7) is 2.59. The number of carbonyl (C=O) groups is 6. The summed E-state index contributed by atoms with van der Waals surface area (Å²) < 4.78 is 75.6. The number of hydrogen-bond acceptors (Lipinski definition) is 6. The van der Waals surface area contributed by atoms with Crippen LogP contribution < -0.4 is 43.4 Å². The number of nitrogens with two attached hydrogens (primary N) is 2. The van der Waals surface area contributed by atoms with Gasteiger partial charge in [-0.25, -0.2) is 9.59 Å². The Hall–Kier alpha value is -8.56. The summed E-state index contributed by atoms with van der Waals surface area (Å²) in [6, 6.07) is 19.5. The van der Waals surface area contributed by atoms with Crippen LogP contribution in [0.3, 0.4) is 0 Å². The zero-order chi connectivity index (χ0) is 46.9. The number of urea groups is 2. The van der Waals surface area contributed by atoms with Crippen molar-refractivity contribution in [1.29, 1.82) is 0 Å². The van der Waals surface area contributed by atoms with Crippen LogP contribution in [0, 0.1) is 0 Å². The molecule has 64 heavy (non-hydrogen) atoms. The highest BCUT2D eigenvalue weighted by Gasteiger charge is 2.31. The van der Waals surface area contributed by atoms with E-state index in [4.69, 9.17) is 11.5 Å². The van der Waals surface area contributed by atoms with Gasteiger partial charge >= 0.3 is 24.4 Å². The molecule has 4 aromatic carbocycles. The highest BCUT2D eigenvalue weighted by atomic mass is 19.4. The largest absolute Gasteiger partial charge is 0.416 e. The van der Waals surface area contributed by atoms with Gasteiger partial charge in [-0.05, 0) is 83.9 Å². The Kier molecular flexibility index (Phi) is 14.1. The lowest BCUT2D eigenvalue weighted by Gasteiger charge is -2.10. The zero-order valence-corrected chi connectivity index (χ0v) is 33.3. The van der Waals surface area contributed by atoms with E-state index in [2.05, 4.69) is 41.9 Å². The fourth-order valence-corrected chi connectivity index (χ4v) is 5.90. The van der Waals surface area contributed by atoms with Crippen LogP contribution in [0.15, 0.2) is 109 Å². The Morgan fingerprint density at radius 2 is 0.703 bits per heavy atom. The van der Waals surface area contributed by atoms with Gasteiger partial charge < -0.3 is 53.3 Å². The smallest absolute Gasteiger partial charge is 0.365 e. The molecule has 2 heterocycles. The third-order valence-electron chi connectivity index (χ3n) is 8.70. The van der Waals surface area contributed by atoms with Crippen LogP contribution in [0.1, 0.15) is 45.7 Å². The fourth-order valence-electron chi connectivity index (χ4n) is 5.90. The average Bonchev–Trinajstić information content (AvgIpc) is 3.82. The molecule has 2 aromatic heterocycles. The van der Waals surface area contributed by atoms with Crippen LogP contribution in [-0.2, 0) is 21.9 Å². The summed E-state index contributed by atoms with van der Waals surface area (Å²) in [5.41, 5.74) is 12.8. The second-order valence-corrected chi connectivity index (χ2v) is 13.5. The van der Waals surface area contributed by atoms with Crippen LogP contribution in [0.2, 0.25) is 0 Å². The quantitative estimate of drug-likeness (QED) is 0.0601. The van der Waals surface area contributed by atoms with Crippen LogP contribution >= 0.6 is 0 Å². The van der Waals surface area contributed by atoms with Crippen LogP contribution in [0.4, 0.5) is 70.3 Å². The molecule has 0 unspecified atom stereocenters. The minimum Gasteiger partial charge on any atom is -0.365 e. The van der Waals surface area contributed by atoms with E-state index in [1.54, 1.807) is 48.5 Å². The Morgan fingerprint density at radius 3 is 0.938 bits per heavy atom. The minimum atomic E-state index is -4.46. The first-order chi connectivity index (χ1) is 30.1. The van der Waals surface area contributed by atoms with Crippen molar-refractivity contribution in [2.45, 2.75) is 26.2 Å². The average molecular weight is 891 g/mol. The number of benzene rings is 4. The number of anilines is 6. The van der Waals surface area contributed by atoms with E-state index in [-0.39, 0.29) is 46.0 Å². The Morgan fingerprint density at radius 1 is 0.438 bits per heavy atom. The molecular weight excluding hydrogens is 855 g/mol. The number of amides is 8. The van der Waals surface area contributed by atoms with E-state index in [1.807, 2.05) is 0 Å². The topological polar surface area (TPSA) is 258 Å². The second-order valence-electron chi connectivity index (χ2n) is 13.5. The number of aromatic nitrogens is 2. The SMILES string of the molecule is CC(=O)Nc1[nH]cc(-c2ccc(NC(=O)Nc3ccc(C(F)(F)F)cc3)cc2)c1C(N)=O.CC(=O)Nc1[nH]cc(-c2ccc(NC(=O)Nc3ccc(C(F)(F)F)cc3)cc2)c1C(N)=O. The Bertz CT molecular complexity index is 2490. The zero-order valence-electron chi connectivity index (χ0n) is 33.3. The van der Waals surface area contributed by atoms with Crippen molar-refractivity contribution in [3.05, 3.63) is 132 Å². The van der Waals surface area contributed by atoms with Crippen molar-refractivity contribution < 1.29 is 55.1 Å². The predicted molar refractivity (Wildman–Crippen MR) is 226 cm³/mol. The number of rotatable bonds is 10. The lowest BCUT2D eigenvalue weighted by Crippen LogP contribution is -2.19. The molecule has 332 valence electrons. The van der Waals surface area contributed by atoms with E-state index >= 15 is 0 Å². The number of H-pyrrole nitrogens is 2. The van der Waals surface area contributed by atoms with E-state index in [9.17, 15) is 55.1 Å². The number of alkyl halides is 6. The summed E-state index contributed by atoms with van der Waals surface area (Å²) in [7, 11) is 0. The first kappa shape index (κ1) is 46.5. The van der Waals surface area contributed by atoms with Crippen LogP contribution in [-0.4, -0.2) is 45.7 Å². The van der Waals surface area contributed by atoms with Gasteiger partial charge in [-0.2, -0.15) is 26.3 Å². The molecule has 0 fully saturated rings. The number of nitrogens with one attached hydrogen (secondary N) is 8. The minimum absolute atomic E-state index is 0.112. The molecule has 16 nitrogen and oxygen atoms in total. The molecule has 0 spiro atoms. The number of hydrogen-bond donors (Lipinski definition) is 10. The van der Waals surface area contributed by atoms with Gasteiger partial charge in [0, 0.05) is 60.1 Å². The van der Waals surface area contributed by atoms with Crippen molar-refractivity contribution in [2.24, 2.45) is 11.5 Å². The van der Waals surface area contributed by atoms with E-state index in [0.717, 1.165) is 48.5 Å². The van der Waals surface area contributed by atoms with E-state index < -0.39 is 47.4 Å². The third-order valence-corrected chi connectivity index (χ3v) is 8.70. The summed E-state index contributed by atoms with van der Waals surface area (Å²) in [5, 5.41) is 15.0. The van der Waals surface area contributed by atoms with Crippen LogP contribution in [0.5, 0.6) is 0 Å². The second kappa shape index (κ2) is 19.4. The number of carbonyl (C=O) groups excluding carboxylic acids is 6. The Balaban J connectivity index is 0.000000241. The monoisotopic (exact) mass is 890 g/mol. The molecule has 6 aromatic rings. The van der Waals surface area contributed by atoms with Gasteiger partial charge in [0.15, 0.2) is 0 Å². The molecule has 0 radical (unpaired) electrons. The van der Waals surface area contributed by atoms with Gasteiger partial charge in [0.05, 0.1) is 22.3 Å². The molecule has 6 rings (SSSR count). The highest BCUT2D eigenvalue weighted by Crippen LogP contribution is 2.33. The van der Waals surface area contributed by atoms with Crippen molar-refractivity contribution in [3.63, 3.8) is 0 Å². The van der Waals surface area contributed by atoms with Gasteiger partial charge in [0.25, 0.3) is 11.8 Å². The van der Waals surface area contributed by atoms with Crippen molar-refractivity contribution >= 4 is 70.1 Å². The lowest BCUT2D eigenvalue weighted by atomic mass is 10.0. The number of halogens is 6. The van der Waals surface area contributed by atoms with Crippen molar-refractivity contribution in [2.75, 3.05) is 31.9 Å². The predicted octanol–water partition coefficient (Wildman–Crippen LogP) is 8.80. The Labute approximate surface area is 358 Å². The molecule has 0 aliphatic heterocycles. The van der Waals surface area contributed by atoms with Crippen molar-refractivity contribution in [1.82, 2.24) is 9.97 Å². The molecule has 0 aliphatic rings. The summed E-state index contributed by atoms with van der Waals surface area (Å²) in [5.74, 6) is -1.86. The summed E-state index contributed by atoms with van der Waals surface area (Å²) >= 11 is 0. The van der Waals surface area contributed by atoms with Gasteiger partial charge in [-0.1, -0.05) is 24.3 Å². The summed E-state index contributed by atoms with van der Waals surface area (Å²) in [6.07, 6.45) is -5.88. The fraction of sp³-hybridized carbons (Fsp3) is 0.0952. The standard InChI is InChI=1S/2C21H18F3N5O3/c2*1-11(30)27-19-17(18(25)31)16(10-26-19)12-2-6-14(7-3-12)28-20(32)29-15-8-4-13(5-9-15)21(22,23)24/h2*2-10,26H,1H3,(H2,25,31)(H,27,30)(H2,28,29,32). The number of primary amides is 2. The maximum absolute atomic E-state index is 12.6. The molecule has 0 saturated carbocycles. The first-order valence-corrected chi connectivity index (χ1v) is 18.4. The van der Waals surface area contributed by atoms with Crippen LogP contribution in [0.25, 0.3) is 22.3 Å². The molecule has 0 saturated heterocycles. The van der Waals surface area contributed by atoms with E-state index in [1.165, 1.54) is 26.2 Å². The van der Waals surface area contributed by atoms with E-state index in [0.29, 0.717) is 33.6 Å². The maximum Gasteiger partial charge on any atom is 0.416 e. The third kappa shape index (κ3) is 12.3. The first-order valence-electron chi connectivity index (χ1n) is 18.4. The normalized spacial score (nSPS) is 11.0. The van der Waals surface area contributed by atoms with Gasteiger partial charge in [-0.15, -0.1) is 0 Å². The molecule has 0 aliphatic carbocycles. The van der Waals surface area contributed by atoms with Crippen molar-refractivity contribution in [3.8, 4) is 22.3 Å². The molecule has 12 N–H and O–H groups in total. The molecular formula is C42H36F6N10O6. The highest BCUT2D eigenvalue weighted by molar-refractivity contribution is 6.09. The maximum atomic E-state index is 12.6. The molecule has 8 amide bonds. The van der Waals surface area contributed by atoms with Gasteiger partial charge in [0.2, 0.25) is 11.8 Å². The lowest BCUT2D eigenvalue weighted by molar-refractivity contribution is -0.138. The number of aromatic amines is 2. The van der Waals surface area contributed by atoms with Gasteiger partial charge in [0.1, 0.15) is 11.6 Å². The molecule has 0 atom stereocenters. The van der Waals surface area contributed by atoms with Gasteiger partial charge in [-0.3, -0.25) is 19.2 Å². The summed E-state index contributed by atoms with van der Waals surface area (Å²) in [4.78, 5) is 76.1. The molecule has 0 bridgehead atoms. The molecule has 22 heteroatoms.